The number of carbonyl (C=O) groups excluding carboxylic acids is 2. The molecule has 1 atom stereocenters. The maximum Gasteiger partial charge on any atom is 0.250 e. The van der Waals surface area contributed by atoms with Gasteiger partial charge in [0.25, 0.3) is 5.91 Å². The van der Waals surface area contributed by atoms with Gasteiger partial charge >= 0.3 is 0 Å². The number of nitrogens with zero attached hydrogens (tertiary/aromatic N) is 1. The summed E-state index contributed by atoms with van der Waals surface area (Å²) in [5, 5.41) is 3.61. The quantitative estimate of drug-likeness (QED) is 0.846. The number of nitrogens with two attached hydrogens (primary N) is 1. The maximum atomic E-state index is 12.7. The van der Waals surface area contributed by atoms with Gasteiger partial charge in [-0.1, -0.05) is 41.9 Å². The van der Waals surface area contributed by atoms with E-state index in [0.717, 1.165) is 36.5 Å². The molecule has 0 bridgehead atoms. The summed E-state index contributed by atoms with van der Waals surface area (Å²) in [5.41, 5.74) is 7.23. The van der Waals surface area contributed by atoms with Gasteiger partial charge in [0.15, 0.2) is 0 Å². The summed E-state index contributed by atoms with van der Waals surface area (Å²) >= 11 is 6.25. The van der Waals surface area contributed by atoms with Crippen LogP contribution in [0.2, 0.25) is 5.02 Å². The van der Waals surface area contributed by atoms with Gasteiger partial charge in [0.1, 0.15) is 0 Å². The summed E-state index contributed by atoms with van der Waals surface area (Å²) in [7, 11) is 0. The van der Waals surface area contributed by atoms with Crippen LogP contribution < -0.4 is 11.1 Å². The van der Waals surface area contributed by atoms with Crippen molar-refractivity contribution in [1.29, 1.82) is 0 Å². The topological polar surface area (TPSA) is 75.4 Å². The molecule has 0 unspecified atom stereocenters. The fraction of sp³-hybridized carbons (Fsp3) is 0.300. The molecule has 2 aromatic carbocycles. The van der Waals surface area contributed by atoms with Crippen LogP contribution in [0.5, 0.6) is 0 Å². The Kier molecular flexibility index (Phi) is 5.91. The fourth-order valence-electron chi connectivity index (χ4n) is 3.32. The molecule has 2 amide bonds. The van der Waals surface area contributed by atoms with Gasteiger partial charge in [0, 0.05) is 18.1 Å². The van der Waals surface area contributed by atoms with Gasteiger partial charge in [-0.15, -0.1) is 0 Å². The molecule has 1 saturated heterocycles. The van der Waals surface area contributed by atoms with Crippen LogP contribution in [-0.4, -0.2) is 29.8 Å². The SMILES string of the molecule is NC(=O)c1ccccc1NC(=O)[C@@H]1CCCN(Cc2ccccc2Cl)C1. The lowest BCUT2D eigenvalue weighted by molar-refractivity contribution is -0.121. The lowest BCUT2D eigenvalue weighted by Crippen LogP contribution is -2.40. The molecule has 1 fully saturated rings. The number of rotatable bonds is 5. The van der Waals surface area contributed by atoms with Crippen LogP contribution >= 0.6 is 11.6 Å². The minimum absolute atomic E-state index is 0.0810. The number of hydrogen-bond acceptors (Lipinski definition) is 3. The first-order valence-electron chi connectivity index (χ1n) is 8.70. The summed E-state index contributed by atoms with van der Waals surface area (Å²) < 4.78 is 0. The smallest absolute Gasteiger partial charge is 0.250 e. The minimum atomic E-state index is -0.551. The predicted molar refractivity (Wildman–Crippen MR) is 103 cm³/mol. The number of nitrogens with one attached hydrogen (secondary N) is 1. The molecule has 1 heterocycles. The van der Waals surface area contributed by atoms with Gasteiger partial charge in [0.05, 0.1) is 17.2 Å². The largest absolute Gasteiger partial charge is 0.366 e. The first-order valence-corrected chi connectivity index (χ1v) is 9.08. The zero-order valence-corrected chi connectivity index (χ0v) is 15.2. The fourth-order valence-corrected chi connectivity index (χ4v) is 3.52. The summed E-state index contributed by atoms with van der Waals surface area (Å²) in [5.74, 6) is -0.764. The third-order valence-corrected chi connectivity index (χ3v) is 5.05. The van der Waals surface area contributed by atoms with Gasteiger partial charge in [-0.3, -0.25) is 14.5 Å². The second kappa shape index (κ2) is 8.34. The Morgan fingerprint density at radius 1 is 1.15 bits per heavy atom. The third kappa shape index (κ3) is 4.42. The molecule has 26 heavy (non-hydrogen) atoms. The average molecular weight is 372 g/mol. The highest BCUT2D eigenvalue weighted by Gasteiger charge is 2.26. The van der Waals surface area contributed by atoms with Crippen LogP contribution in [0, 0.1) is 5.92 Å². The van der Waals surface area contributed by atoms with Crippen LogP contribution in [0.4, 0.5) is 5.69 Å². The standard InChI is InChI=1S/C20H22ClN3O2/c21-17-9-3-1-6-14(17)12-24-11-5-7-15(13-24)20(26)23-18-10-4-2-8-16(18)19(22)25/h1-4,6,8-10,15H,5,7,11-13H2,(H2,22,25)(H,23,26)/t15-/m1/s1. The number of halogens is 1. The first kappa shape index (κ1) is 18.4. The highest BCUT2D eigenvalue weighted by atomic mass is 35.5. The Morgan fingerprint density at radius 3 is 2.65 bits per heavy atom. The van der Waals surface area contributed by atoms with Crippen LogP contribution in [0.25, 0.3) is 0 Å². The van der Waals surface area contributed by atoms with Crippen molar-refractivity contribution in [3.05, 3.63) is 64.7 Å². The Hall–Kier alpha value is -2.37. The molecule has 0 aromatic heterocycles. The molecule has 0 radical (unpaired) electrons. The molecular weight excluding hydrogens is 350 g/mol. The van der Waals surface area contributed by atoms with E-state index in [4.69, 9.17) is 17.3 Å². The van der Waals surface area contributed by atoms with Crippen molar-refractivity contribution in [2.45, 2.75) is 19.4 Å². The molecule has 0 aliphatic carbocycles. The highest BCUT2D eigenvalue weighted by Crippen LogP contribution is 2.24. The van der Waals surface area contributed by atoms with Crippen molar-refractivity contribution in [3.63, 3.8) is 0 Å². The number of likely N-dealkylation sites (tertiary alicyclic amines) is 1. The van der Waals surface area contributed by atoms with Crippen LogP contribution in [0.15, 0.2) is 48.5 Å². The van der Waals surface area contributed by atoms with Gasteiger partial charge in [-0.05, 0) is 43.1 Å². The van der Waals surface area contributed by atoms with Gasteiger partial charge < -0.3 is 11.1 Å². The molecule has 136 valence electrons. The molecule has 3 N–H and O–H groups in total. The van der Waals surface area contributed by atoms with E-state index >= 15 is 0 Å². The molecule has 1 aliphatic rings. The number of para-hydroxylation sites is 1. The maximum absolute atomic E-state index is 12.7. The Labute approximate surface area is 158 Å². The monoisotopic (exact) mass is 371 g/mol. The lowest BCUT2D eigenvalue weighted by atomic mass is 9.96. The van der Waals surface area contributed by atoms with Gasteiger partial charge in [0.2, 0.25) is 5.91 Å². The normalized spacial score (nSPS) is 17.7. The Balaban J connectivity index is 1.65. The van der Waals surface area contributed by atoms with Crippen molar-refractivity contribution in [2.24, 2.45) is 11.7 Å². The van der Waals surface area contributed by atoms with E-state index < -0.39 is 5.91 Å². The van der Waals surface area contributed by atoms with Crippen molar-refractivity contribution >= 4 is 29.1 Å². The zero-order chi connectivity index (χ0) is 18.5. The summed E-state index contributed by atoms with van der Waals surface area (Å²) in [6.07, 6.45) is 1.77. The summed E-state index contributed by atoms with van der Waals surface area (Å²) in [6.45, 7) is 2.32. The number of amides is 2. The molecular formula is C20H22ClN3O2. The van der Waals surface area contributed by atoms with Crippen molar-refractivity contribution in [2.75, 3.05) is 18.4 Å². The predicted octanol–water partition coefficient (Wildman–Crippen LogP) is 3.29. The summed E-state index contributed by atoms with van der Waals surface area (Å²) in [6, 6.07) is 14.6. The molecule has 0 saturated carbocycles. The van der Waals surface area contributed by atoms with E-state index in [1.54, 1.807) is 24.3 Å². The van der Waals surface area contributed by atoms with Crippen molar-refractivity contribution in [3.8, 4) is 0 Å². The number of piperidine rings is 1. The average Bonchev–Trinajstić information content (AvgIpc) is 2.64. The molecule has 3 rings (SSSR count). The number of hydrogen-bond donors (Lipinski definition) is 2. The van der Waals surface area contributed by atoms with Crippen LogP contribution in [0.1, 0.15) is 28.8 Å². The van der Waals surface area contributed by atoms with Crippen LogP contribution in [-0.2, 0) is 11.3 Å². The first-order chi connectivity index (χ1) is 12.5. The molecule has 1 aliphatic heterocycles. The van der Waals surface area contributed by atoms with E-state index in [1.807, 2.05) is 24.3 Å². The van der Waals surface area contributed by atoms with Crippen molar-refractivity contribution < 1.29 is 9.59 Å². The molecule has 2 aromatic rings. The van der Waals surface area contributed by atoms with Gasteiger partial charge in [-0.25, -0.2) is 0 Å². The highest BCUT2D eigenvalue weighted by molar-refractivity contribution is 6.31. The summed E-state index contributed by atoms with van der Waals surface area (Å²) in [4.78, 5) is 26.5. The number of primary amides is 1. The van der Waals surface area contributed by atoms with Crippen LogP contribution in [0.3, 0.4) is 0 Å². The van der Waals surface area contributed by atoms with E-state index in [0.29, 0.717) is 17.8 Å². The number of anilines is 1. The number of carbonyl (C=O) groups is 2. The number of benzene rings is 2. The minimum Gasteiger partial charge on any atom is -0.366 e. The Morgan fingerprint density at radius 2 is 1.88 bits per heavy atom. The van der Waals surface area contributed by atoms with Crippen molar-refractivity contribution in [1.82, 2.24) is 4.90 Å². The van der Waals surface area contributed by atoms with E-state index in [-0.39, 0.29) is 11.8 Å². The second-order valence-electron chi connectivity index (χ2n) is 6.56. The van der Waals surface area contributed by atoms with E-state index in [9.17, 15) is 9.59 Å². The van der Waals surface area contributed by atoms with E-state index in [1.165, 1.54) is 0 Å². The third-order valence-electron chi connectivity index (χ3n) is 4.68. The lowest BCUT2D eigenvalue weighted by Gasteiger charge is -2.32. The second-order valence-corrected chi connectivity index (χ2v) is 6.97. The molecule has 5 nitrogen and oxygen atoms in total. The van der Waals surface area contributed by atoms with Gasteiger partial charge in [-0.2, -0.15) is 0 Å². The molecule has 0 spiro atoms. The van der Waals surface area contributed by atoms with E-state index in [2.05, 4.69) is 10.2 Å². The molecule has 6 heteroatoms. The zero-order valence-electron chi connectivity index (χ0n) is 14.5. The Bertz CT molecular complexity index is 809.